The number of aromatic nitrogens is 5. The highest BCUT2D eigenvalue weighted by atomic mass is 16.7. The summed E-state index contributed by atoms with van der Waals surface area (Å²) in [5.74, 6) is -3.23. The van der Waals surface area contributed by atoms with Gasteiger partial charge in [-0.25, -0.2) is 9.48 Å². The van der Waals surface area contributed by atoms with Gasteiger partial charge in [0.05, 0.1) is 18.4 Å². The first-order valence-corrected chi connectivity index (χ1v) is 13.4. The number of aromatic amines is 1. The fourth-order valence-electron chi connectivity index (χ4n) is 4.91. The minimum atomic E-state index is -1.65. The topological polar surface area (TPSA) is 270 Å². The zero-order valence-electron chi connectivity index (χ0n) is 24.3. The first kappa shape index (κ1) is 33.4. The Morgan fingerprint density at radius 2 is 1.44 bits per heavy atom. The smallest absolute Gasteiger partial charge is 0.330 e. The molecule has 45 heavy (non-hydrogen) atoms. The van der Waals surface area contributed by atoms with Gasteiger partial charge in [0.25, 0.3) is 5.56 Å². The van der Waals surface area contributed by atoms with Crippen LogP contribution in [0.2, 0.25) is 0 Å². The number of nitrogens with zero attached hydrogens (tertiary/aromatic N) is 4. The molecule has 4 rings (SSSR count). The van der Waals surface area contributed by atoms with Crippen molar-refractivity contribution in [1.29, 1.82) is 0 Å². The molecule has 2 aliphatic rings. The quantitative estimate of drug-likeness (QED) is 0.154. The van der Waals surface area contributed by atoms with Crippen molar-refractivity contribution in [1.82, 2.24) is 24.5 Å². The lowest BCUT2D eigenvalue weighted by molar-refractivity contribution is -0.270. The fourth-order valence-corrected chi connectivity index (χ4v) is 4.91. The second-order valence-corrected chi connectivity index (χ2v) is 10.1. The van der Waals surface area contributed by atoms with Crippen LogP contribution >= 0.6 is 0 Å². The van der Waals surface area contributed by atoms with Crippen LogP contribution in [0.5, 0.6) is 0 Å². The zero-order chi connectivity index (χ0) is 33.2. The van der Waals surface area contributed by atoms with Crippen molar-refractivity contribution in [3.63, 3.8) is 0 Å². The van der Waals surface area contributed by atoms with Crippen molar-refractivity contribution in [2.75, 3.05) is 13.2 Å². The number of ether oxygens (including phenoxy) is 6. The summed E-state index contributed by atoms with van der Waals surface area (Å²) >= 11 is 0. The highest BCUT2D eigenvalue weighted by molar-refractivity contribution is 5.68. The highest BCUT2D eigenvalue weighted by Gasteiger charge is 2.53. The molecule has 0 aliphatic carbocycles. The maximum absolute atomic E-state index is 12.8. The number of hydrogen-bond acceptors (Lipinski definition) is 17. The minimum absolute atomic E-state index is 0.176. The van der Waals surface area contributed by atoms with Gasteiger partial charge in [-0.3, -0.25) is 33.5 Å². The third kappa shape index (κ3) is 7.26. The standard InChI is InChI=1S/C25H31N5O15/c1-9(32)40-8-16-19(41-10(2)33)20(42-11(3)34)21(43-12(4)35)24(45-16)30-6-14(27-28-30)13-5-29(25(39)26-22(13)38)23-18(37)17(36)15(7-31)44-23/h5-6,15-21,23-24,31,36-37H,7-8H2,1-4H3,(H,26,38,39)/t15-,16-,17-,18-,19-,20+,21-,23-,24-/m1/s1. The maximum atomic E-state index is 12.8. The molecule has 20 heteroatoms. The van der Waals surface area contributed by atoms with E-state index in [4.69, 9.17) is 28.4 Å². The SMILES string of the molecule is CC(=O)OC[C@H]1O[C@@H](n2cc(-c3cn([C@@H]4O[C@H](CO)[C@@H](O)[C@H]4O)c(=O)[nH]c3=O)nn2)[C@H](OC(C)=O)[C@@H](OC(C)=O)[C@@H]1OC(C)=O. The number of aliphatic hydroxyl groups excluding tert-OH is 3. The number of esters is 4. The number of H-pyrrole nitrogens is 1. The van der Waals surface area contributed by atoms with Gasteiger partial charge in [-0.1, -0.05) is 5.21 Å². The van der Waals surface area contributed by atoms with E-state index in [2.05, 4.69) is 10.3 Å². The Kier molecular flexibility index (Phi) is 10.1. The van der Waals surface area contributed by atoms with Crippen molar-refractivity contribution >= 4 is 23.9 Å². The van der Waals surface area contributed by atoms with Gasteiger partial charge in [0, 0.05) is 33.9 Å². The van der Waals surface area contributed by atoms with Crippen LogP contribution < -0.4 is 11.2 Å². The second kappa shape index (κ2) is 13.6. The zero-order valence-corrected chi connectivity index (χ0v) is 24.3. The van der Waals surface area contributed by atoms with E-state index >= 15 is 0 Å². The van der Waals surface area contributed by atoms with E-state index in [0.29, 0.717) is 0 Å². The van der Waals surface area contributed by atoms with Gasteiger partial charge in [-0.2, -0.15) is 0 Å². The Morgan fingerprint density at radius 1 is 0.844 bits per heavy atom. The molecule has 9 atom stereocenters. The molecule has 0 unspecified atom stereocenters. The summed E-state index contributed by atoms with van der Waals surface area (Å²) in [5.41, 5.74) is -2.39. The molecule has 0 radical (unpaired) electrons. The highest BCUT2D eigenvalue weighted by Crippen LogP contribution is 2.35. The van der Waals surface area contributed by atoms with Crippen molar-refractivity contribution in [2.45, 2.75) is 82.9 Å². The largest absolute Gasteiger partial charge is 0.463 e. The Morgan fingerprint density at radius 3 is 2.02 bits per heavy atom. The molecular weight excluding hydrogens is 610 g/mol. The molecule has 0 saturated carbocycles. The summed E-state index contributed by atoms with van der Waals surface area (Å²) in [6.07, 6.45) is -11.0. The number of hydrogen-bond donors (Lipinski definition) is 4. The summed E-state index contributed by atoms with van der Waals surface area (Å²) < 4.78 is 34.4. The van der Waals surface area contributed by atoms with Gasteiger partial charge >= 0.3 is 29.6 Å². The van der Waals surface area contributed by atoms with Gasteiger partial charge in [0.2, 0.25) is 0 Å². The third-order valence-electron chi connectivity index (χ3n) is 6.77. The molecule has 20 nitrogen and oxygen atoms in total. The van der Waals surface area contributed by atoms with Crippen molar-refractivity contribution in [3.05, 3.63) is 33.2 Å². The van der Waals surface area contributed by atoms with Crippen LogP contribution in [0.15, 0.2) is 22.0 Å². The number of carbonyl (C=O) groups is 4. The lowest BCUT2D eigenvalue weighted by Crippen LogP contribution is -2.60. The van der Waals surface area contributed by atoms with Crippen LogP contribution in [0.1, 0.15) is 40.2 Å². The van der Waals surface area contributed by atoms with Crippen LogP contribution in [0.3, 0.4) is 0 Å². The lowest BCUT2D eigenvalue weighted by atomic mass is 9.97. The first-order valence-electron chi connectivity index (χ1n) is 13.4. The Balaban J connectivity index is 1.76. The summed E-state index contributed by atoms with van der Waals surface area (Å²) in [7, 11) is 0. The molecule has 2 fully saturated rings. The molecule has 0 spiro atoms. The third-order valence-corrected chi connectivity index (χ3v) is 6.77. The van der Waals surface area contributed by atoms with Gasteiger partial charge in [-0.05, 0) is 0 Å². The number of rotatable bonds is 9. The molecule has 2 aliphatic heterocycles. The number of carbonyl (C=O) groups excluding carboxylic acids is 4. The van der Waals surface area contributed by atoms with Crippen molar-refractivity contribution in [3.8, 4) is 11.3 Å². The molecule has 0 aromatic carbocycles. The molecule has 2 aromatic heterocycles. The van der Waals surface area contributed by atoms with Gasteiger partial charge in [0.15, 0.2) is 30.8 Å². The van der Waals surface area contributed by atoms with Gasteiger partial charge in [-0.15, -0.1) is 5.10 Å². The summed E-state index contributed by atoms with van der Waals surface area (Å²) in [4.78, 5) is 75.2. The van der Waals surface area contributed by atoms with Crippen LogP contribution in [0.25, 0.3) is 11.3 Å². The Bertz CT molecular complexity index is 1550. The van der Waals surface area contributed by atoms with E-state index in [1.165, 1.54) is 0 Å². The van der Waals surface area contributed by atoms with E-state index in [1.54, 1.807) is 0 Å². The van der Waals surface area contributed by atoms with E-state index in [1.807, 2.05) is 4.98 Å². The predicted molar refractivity (Wildman–Crippen MR) is 141 cm³/mol. The van der Waals surface area contributed by atoms with Crippen LogP contribution in [-0.4, -0.2) is 120 Å². The van der Waals surface area contributed by atoms with E-state index < -0.39 is 104 Å². The predicted octanol–water partition coefficient (Wildman–Crippen LogP) is -3.34. The summed E-state index contributed by atoms with van der Waals surface area (Å²) in [5, 5.41) is 37.8. The molecular formula is C25H31N5O15. The van der Waals surface area contributed by atoms with Gasteiger partial charge in [0.1, 0.15) is 36.7 Å². The van der Waals surface area contributed by atoms with Crippen molar-refractivity contribution in [2.24, 2.45) is 0 Å². The molecule has 2 aromatic rings. The first-order chi connectivity index (χ1) is 21.2. The molecule has 4 N–H and O–H groups in total. The number of aliphatic hydroxyl groups is 3. The van der Waals surface area contributed by atoms with E-state index in [0.717, 1.165) is 49.3 Å². The fraction of sp³-hybridized carbons (Fsp3) is 0.600. The Hall–Kier alpha value is -4.50. The normalized spacial score (nSPS) is 29.5. The van der Waals surface area contributed by atoms with Crippen LogP contribution in [0.4, 0.5) is 0 Å². The second-order valence-electron chi connectivity index (χ2n) is 10.1. The Labute approximate surface area is 252 Å². The van der Waals surface area contributed by atoms with Crippen LogP contribution in [0, 0.1) is 0 Å². The molecule has 4 heterocycles. The maximum Gasteiger partial charge on any atom is 0.330 e. The summed E-state index contributed by atoms with van der Waals surface area (Å²) in [6.45, 7) is 3.15. The molecule has 0 amide bonds. The molecule has 246 valence electrons. The lowest BCUT2D eigenvalue weighted by Gasteiger charge is -2.44. The van der Waals surface area contributed by atoms with E-state index in [9.17, 15) is 44.1 Å². The molecule has 2 saturated heterocycles. The minimum Gasteiger partial charge on any atom is -0.463 e. The number of nitrogens with one attached hydrogen (secondary N) is 1. The summed E-state index contributed by atoms with van der Waals surface area (Å²) in [6, 6.07) is 0. The van der Waals surface area contributed by atoms with Crippen LogP contribution in [-0.2, 0) is 47.6 Å². The van der Waals surface area contributed by atoms with Gasteiger partial charge < -0.3 is 43.7 Å². The molecule has 0 bridgehead atoms. The monoisotopic (exact) mass is 641 g/mol. The van der Waals surface area contributed by atoms with E-state index in [-0.39, 0.29) is 11.3 Å². The average Bonchev–Trinajstić information content (AvgIpc) is 3.54. The van der Waals surface area contributed by atoms with Crippen molar-refractivity contribution < 1.29 is 62.9 Å². The average molecular weight is 642 g/mol.